The number of carbonyl (C=O) groups excluding carboxylic acids is 2. The van der Waals surface area contributed by atoms with Crippen LogP contribution in [-0.4, -0.2) is 119 Å². The topological polar surface area (TPSA) is 99.1 Å². The molecule has 4 N–H and O–H groups in total. The minimum Gasteiger partial charge on any atom is -0.341 e. The van der Waals surface area contributed by atoms with Gasteiger partial charge in [-0.1, -0.05) is 21.6 Å². The fourth-order valence-electron chi connectivity index (χ4n) is 5.97. The number of amides is 2. The minimum atomic E-state index is -0.489. The number of carbonyl (C=O) groups is 2. The Bertz CT molecular complexity index is 602. The maximum absolute atomic E-state index is 12.8. The van der Waals surface area contributed by atoms with Crippen molar-refractivity contribution in [2.75, 3.05) is 63.9 Å². The Morgan fingerprint density at radius 2 is 0.941 bits per heavy atom. The maximum atomic E-state index is 12.8. The van der Waals surface area contributed by atoms with Crippen LogP contribution >= 0.6 is 21.6 Å². The number of hydrogen-bond donors (Lipinski definition) is 2. The highest BCUT2D eigenvalue weighted by molar-refractivity contribution is 8.76. The van der Waals surface area contributed by atoms with Gasteiger partial charge in [-0.3, -0.25) is 9.59 Å². The van der Waals surface area contributed by atoms with Gasteiger partial charge in [-0.2, -0.15) is 0 Å². The van der Waals surface area contributed by atoms with E-state index < -0.39 is 12.1 Å². The Kier molecular flexibility index (Phi) is 10.3. The lowest BCUT2D eigenvalue weighted by Gasteiger charge is -2.37. The molecule has 0 spiro atoms. The highest BCUT2D eigenvalue weighted by Gasteiger charge is 2.31. The first-order chi connectivity index (χ1) is 16.5. The van der Waals surface area contributed by atoms with Crippen LogP contribution < -0.4 is 11.5 Å². The summed E-state index contributed by atoms with van der Waals surface area (Å²) in [6.07, 6.45) is 9.49. The number of piperidine rings is 2. The third-order valence-corrected chi connectivity index (χ3v) is 10.6. The molecule has 4 aliphatic rings. The van der Waals surface area contributed by atoms with Crippen LogP contribution in [0.15, 0.2) is 0 Å². The van der Waals surface area contributed by atoms with Crippen molar-refractivity contribution < 1.29 is 9.59 Å². The summed E-state index contributed by atoms with van der Waals surface area (Å²) in [7, 11) is 3.13. The molecule has 194 valence electrons. The van der Waals surface area contributed by atoms with Crippen molar-refractivity contribution in [3.8, 4) is 0 Å². The zero-order valence-corrected chi connectivity index (χ0v) is 22.2. The fraction of sp³-hybridized carbons (Fsp3) is 0.917. The van der Waals surface area contributed by atoms with Crippen LogP contribution in [0.2, 0.25) is 0 Å². The van der Waals surface area contributed by atoms with Gasteiger partial charge in [0.05, 0.1) is 12.1 Å². The van der Waals surface area contributed by atoms with Crippen molar-refractivity contribution in [1.29, 1.82) is 0 Å². The summed E-state index contributed by atoms with van der Waals surface area (Å²) in [5.74, 6) is 1.23. The van der Waals surface area contributed by atoms with Gasteiger partial charge in [0.1, 0.15) is 0 Å². The molecule has 0 aromatic rings. The number of rotatable bonds is 9. The van der Waals surface area contributed by atoms with E-state index in [1.807, 2.05) is 9.80 Å². The molecule has 0 aliphatic carbocycles. The van der Waals surface area contributed by atoms with E-state index in [9.17, 15) is 9.59 Å². The number of nitrogens with zero attached hydrogens (tertiary/aromatic N) is 4. The molecule has 4 heterocycles. The summed E-state index contributed by atoms with van der Waals surface area (Å²) in [4.78, 5) is 34.6. The second-order valence-corrected chi connectivity index (χ2v) is 12.9. The Morgan fingerprint density at radius 1 is 0.618 bits per heavy atom. The lowest BCUT2D eigenvalue weighted by molar-refractivity contribution is -0.134. The van der Waals surface area contributed by atoms with E-state index in [-0.39, 0.29) is 11.8 Å². The summed E-state index contributed by atoms with van der Waals surface area (Å²) >= 11 is 0. The molecule has 10 heteroatoms. The van der Waals surface area contributed by atoms with Gasteiger partial charge < -0.3 is 31.1 Å². The Balaban J connectivity index is 1.08. The molecule has 2 atom stereocenters. The third-order valence-electron chi connectivity index (χ3n) is 8.08. The van der Waals surface area contributed by atoms with Crippen molar-refractivity contribution in [3.05, 3.63) is 0 Å². The molecule has 34 heavy (non-hydrogen) atoms. The van der Waals surface area contributed by atoms with Gasteiger partial charge in [0.2, 0.25) is 11.8 Å². The fourth-order valence-corrected chi connectivity index (χ4v) is 8.20. The first kappa shape index (κ1) is 26.5. The molecule has 4 rings (SSSR count). The van der Waals surface area contributed by atoms with Crippen molar-refractivity contribution in [1.82, 2.24) is 19.6 Å². The van der Waals surface area contributed by atoms with Crippen molar-refractivity contribution in [3.63, 3.8) is 0 Å². The maximum Gasteiger partial charge on any atom is 0.240 e. The van der Waals surface area contributed by atoms with Gasteiger partial charge in [0.25, 0.3) is 0 Å². The van der Waals surface area contributed by atoms with E-state index in [1.165, 1.54) is 51.9 Å². The van der Waals surface area contributed by atoms with E-state index in [2.05, 4.69) is 9.80 Å². The standard InChI is InChI=1S/C24H44N6O2S2/c25-21(23(31)29-13-5-19(6-14-29)27-9-1-2-10-27)17-33-34-18-22(26)24(32)30-15-7-20(8-16-30)28-11-3-4-12-28/h19-22H,1-18,25-26H2/t21-,22-/m0/s1. The molecular weight excluding hydrogens is 468 g/mol. The first-order valence-electron chi connectivity index (χ1n) is 13.3. The van der Waals surface area contributed by atoms with Gasteiger partial charge >= 0.3 is 0 Å². The summed E-state index contributed by atoms with van der Waals surface area (Å²) in [6, 6.07) is 0.297. The molecular formula is C24H44N6O2S2. The zero-order valence-electron chi connectivity index (χ0n) is 20.6. The van der Waals surface area contributed by atoms with E-state index in [1.54, 1.807) is 21.6 Å². The van der Waals surface area contributed by atoms with Gasteiger partial charge in [-0.25, -0.2) is 0 Å². The SMILES string of the molecule is N[C@@H](CSSC[C@H](N)C(=O)N1CCC(N2CCCC2)CC1)C(=O)N1CCC(N2CCCC2)CC1. The largest absolute Gasteiger partial charge is 0.341 e. The highest BCUT2D eigenvalue weighted by atomic mass is 33.1. The summed E-state index contributed by atoms with van der Waals surface area (Å²) in [5.41, 5.74) is 12.4. The van der Waals surface area contributed by atoms with E-state index in [0.29, 0.717) is 23.6 Å². The van der Waals surface area contributed by atoms with Crippen molar-refractivity contribution in [2.45, 2.75) is 75.5 Å². The Morgan fingerprint density at radius 3 is 1.26 bits per heavy atom. The minimum absolute atomic E-state index is 0.0641. The lowest BCUT2D eigenvalue weighted by Crippen LogP contribution is -2.51. The monoisotopic (exact) mass is 512 g/mol. The molecule has 0 unspecified atom stereocenters. The molecule has 8 nitrogen and oxygen atoms in total. The van der Waals surface area contributed by atoms with Crippen LogP contribution in [0.4, 0.5) is 0 Å². The van der Waals surface area contributed by atoms with Crippen LogP contribution in [0.5, 0.6) is 0 Å². The van der Waals surface area contributed by atoms with Crippen LogP contribution in [0, 0.1) is 0 Å². The number of hydrogen-bond acceptors (Lipinski definition) is 8. The second-order valence-electron chi connectivity index (χ2n) is 10.4. The zero-order chi connectivity index (χ0) is 23.9. The van der Waals surface area contributed by atoms with E-state index in [0.717, 1.165) is 51.9 Å². The molecule has 0 aromatic heterocycles. The van der Waals surface area contributed by atoms with Gasteiger partial charge in [0, 0.05) is 49.8 Å². The lowest BCUT2D eigenvalue weighted by atomic mass is 10.0. The van der Waals surface area contributed by atoms with Crippen LogP contribution in [0.1, 0.15) is 51.4 Å². The predicted octanol–water partition coefficient (Wildman–Crippen LogP) is 1.20. The molecule has 0 saturated carbocycles. The molecule has 0 aromatic carbocycles. The second kappa shape index (κ2) is 13.1. The molecule has 0 bridgehead atoms. The Labute approximate surface area is 213 Å². The molecule has 4 aliphatic heterocycles. The van der Waals surface area contributed by atoms with Crippen molar-refractivity contribution >= 4 is 33.4 Å². The average Bonchev–Trinajstić information content (AvgIpc) is 3.60. The Hall–Kier alpha value is -0.520. The van der Waals surface area contributed by atoms with Gasteiger partial charge in [-0.05, 0) is 77.5 Å². The summed E-state index contributed by atoms with van der Waals surface area (Å²) < 4.78 is 0. The molecule has 4 fully saturated rings. The van der Waals surface area contributed by atoms with Crippen LogP contribution in [0.3, 0.4) is 0 Å². The average molecular weight is 513 g/mol. The third kappa shape index (κ3) is 7.03. The first-order valence-corrected chi connectivity index (χ1v) is 15.8. The predicted molar refractivity (Wildman–Crippen MR) is 142 cm³/mol. The van der Waals surface area contributed by atoms with Crippen molar-refractivity contribution in [2.24, 2.45) is 11.5 Å². The normalized spacial score (nSPS) is 25.7. The van der Waals surface area contributed by atoms with E-state index >= 15 is 0 Å². The van der Waals surface area contributed by atoms with Gasteiger partial charge in [-0.15, -0.1) is 0 Å². The summed E-state index contributed by atoms with van der Waals surface area (Å²) in [5, 5.41) is 0. The molecule has 2 amide bonds. The molecule has 4 saturated heterocycles. The smallest absolute Gasteiger partial charge is 0.240 e. The summed E-state index contributed by atoms with van der Waals surface area (Å²) in [6.45, 7) is 8.14. The van der Waals surface area contributed by atoms with E-state index in [4.69, 9.17) is 11.5 Å². The highest BCUT2D eigenvalue weighted by Crippen LogP contribution is 2.26. The number of likely N-dealkylation sites (tertiary alicyclic amines) is 4. The quantitative estimate of drug-likeness (QED) is 0.351. The number of nitrogens with two attached hydrogens (primary N) is 2. The molecule has 0 radical (unpaired) electrons. The van der Waals surface area contributed by atoms with Crippen LogP contribution in [0.25, 0.3) is 0 Å². The van der Waals surface area contributed by atoms with Gasteiger partial charge in [0.15, 0.2) is 0 Å². The van der Waals surface area contributed by atoms with Crippen LogP contribution in [-0.2, 0) is 9.59 Å².